The first kappa shape index (κ1) is 19.4. The lowest BCUT2D eigenvalue weighted by Crippen LogP contribution is -2.41. The predicted molar refractivity (Wildman–Crippen MR) is 88.4 cm³/mol. The monoisotopic (exact) mass is 390 g/mol. The average Bonchev–Trinajstić information content (AvgIpc) is 2.58. The normalized spacial score (nSPS) is 17.2. The van der Waals surface area contributed by atoms with Crippen molar-refractivity contribution in [2.75, 3.05) is 33.2 Å². The van der Waals surface area contributed by atoms with Gasteiger partial charge >= 0.3 is 12.4 Å². The Morgan fingerprint density at radius 1 is 1.00 bits per heavy atom. The van der Waals surface area contributed by atoms with Gasteiger partial charge in [0.15, 0.2) is 0 Å². The fourth-order valence-corrected chi connectivity index (χ4v) is 2.81. The molecule has 1 aliphatic rings. The van der Waals surface area contributed by atoms with Crippen molar-refractivity contribution < 1.29 is 26.3 Å². The summed E-state index contributed by atoms with van der Waals surface area (Å²) in [5.41, 5.74) is -3.39. The molecule has 10 heteroatoms. The van der Waals surface area contributed by atoms with E-state index in [9.17, 15) is 26.3 Å². The van der Waals surface area contributed by atoms with Crippen LogP contribution in [-0.2, 0) is 12.4 Å². The molecule has 1 aromatic heterocycles. The zero-order valence-corrected chi connectivity index (χ0v) is 14.3. The van der Waals surface area contributed by atoms with E-state index >= 15 is 0 Å². The number of nitrogens with zero attached hydrogens (tertiary/aromatic N) is 4. The van der Waals surface area contributed by atoms with E-state index in [-0.39, 0.29) is 10.9 Å². The number of piperazine rings is 1. The molecule has 0 amide bonds. The second kappa shape index (κ2) is 6.99. The number of rotatable bonds is 2. The summed E-state index contributed by atoms with van der Waals surface area (Å²) in [6.45, 7) is 2.63. The Morgan fingerprint density at radius 2 is 1.67 bits per heavy atom. The average molecular weight is 390 g/mol. The lowest BCUT2D eigenvalue weighted by Gasteiger charge is -2.30. The molecule has 4 nitrogen and oxygen atoms in total. The third kappa shape index (κ3) is 4.32. The number of pyridine rings is 1. The molecule has 3 rings (SSSR count). The molecule has 27 heavy (non-hydrogen) atoms. The Kier molecular flexibility index (Phi) is 5.02. The highest BCUT2D eigenvalue weighted by atomic mass is 19.4. The molecule has 0 radical (unpaired) electrons. The first-order valence-electron chi connectivity index (χ1n) is 8.11. The minimum Gasteiger partial charge on any atom is -0.303 e. The second-order valence-corrected chi connectivity index (χ2v) is 6.30. The van der Waals surface area contributed by atoms with E-state index in [1.165, 1.54) is 12.3 Å². The van der Waals surface area contributed by atoms with Gasteiger partial charge in [0, 0.05) is 37.1 Å². The van der Waals surface area contributed by atoms with Crippen molar-refractivity contribution in [3.63, 3.8) is 0 Å². The van der Waals surface area contributed by atoms with Gasteiger partial charge in [-0.05, 0) is 19.2 Å². The Bertz CT molecular complexity index is 851. The fraction of sp³-hybridized carbons (Fsp3) is 0.412. The Balaban J connectivity index is 2.10. The fourth-order valence-electron chi connectivity index (χ4n) is 2.81. The van der Waals surface area contributed by atoms with Gasteiger partial charge < -0.3 is 4.90 Å². The van der Waals surface area contributed by atoms with Crippen LogP contribution in [0.25, 0.3) is 10.9 Å². The Hall–Kier alpha value is -2.36. The lowest BCUT2D eigenvalue weighted by atomic mass is 10.0. The summed E-state index contributed by atoms with van der Waals surface area (Å²) in [7, 11) is 1.94. The maximum atomic E-state index is 13.2. The van der Waals surface area contributed by atoms with E-state index in [1.807, 2.05) is 7.05 Å². The molecule has 0 unspecified atom stereocenters. The summed E-state index contributed by atoms with van der Waals surface area (Å²) in [6.07, 6.45) is -8.52. The van der Waals surface area contributed by atoms with Crippen LogP contribution in [0.5, 0.6) is 0 Å². The van der Waals surface area contributed by atoms with Crippen LogP contribution in [0, 0.1) is 0 Å². The van der Waals surface area contributed by atoms with E-state index in [0.717, 1.165) is 31.3 Å². The third-order valence-corrected chi connectivity index (χ3v) is 4.31. The van der Waals surface area contributed by atoms with Gasteiger partial charge in [-0.3, -0.25) is 5.01 Å². The Labute approximate surface area is 151 Å². The minimum atomic E-state index is -4.87. The number of halogens is 6. The molecule has 0 saturated carbocycles. The lowest BCUT2D eigenvalue weighted by molar-refractivity contribution is -0.142. The molecule has 1 saturated heterocycles. The zero-order chi connectivity index (χ0) is 19.8. The SMILES string of the molecule is CN1CCN(/N=C\c2cc(C(F)(F)F)nc3c(C(F)(F)F)cccc23)CC1. The molecule has 0 spiro atoms. The summed E-state index contributed by atoms with van der Waals surface area (Å²) in [5, 5.41) is 5.80. The summed E-state index contributed by atoms with van der Waals surface area (Å²) in [4.78, 5) is 5.33. The molecule has 0 aliphatic carbocycles. The van der Waals surface area contributed by atoms with Crippen molar-refractivity contribution in [2.45, 2.75) is 12.4 Å². The smallest absolute Gasteiger partial charge is 0.303 e. The highest BCUT2D eigenvalue weighted by Gasteiger charge is 2.37. The van der Waals surface area contributed by atoms with Crippen LogP contribution < -0.4 is 0 Å². The molecule has 1 fully saturated rings. The van der Waals surface area contributed by atoms with Crippen LogP contribution >= 0.6 is 0 Å². The molecule has 0 atom stereocenters. The molecule has 1 aliphatic heterocycles. The van der Waals surface area contributed by atoms with Crippen LogP contribution in [0.15, 0.2) is 29.4 Å². The van der Waals surface area contributed by atoms with Gasteiger partial charge in [0.05, 0.1) is 17.3 Å². The number of likely N-dealkylation sites (N-methyl/N-ethyl adjacent to an activating group) is 1. The molecule has 146 valence electrons. The maximum absolute atomic E-state index is 13.2. The second-order valence-electron chi connectivity index (χ2n) is 6.30. The standard InChI is InChI=1S/C17H16F6N4/c1-26-5-7-27(8-6-26)24-10-11-9-14(17(21,22)23)25-15-12(11)3-2-4-13(15)16(18,19)20/h2-4,9-10H,5-8H2,1H3/b24-10-. The van der Waals surface area contributed by atoms with Crippen LogP contribution in [-0.4, -0.2) is 54.3 Å². The van der Waals surface area contributed by atoms with E-state index in [2.05, 4.69) is 15.0 Å². The molecule has 1 aromatic carbocycles. The predicted octanol–water partition coefficient (Wildman–Crippen LogP) is 3.85. The van der Waals surface area contributed by atoms with Gasteiger partial charge in [-0.1, -0.05) is 12.1 Å². The molecular formula is C17H16F6N4. The van der Waals surface area contributed by atoms with Crippen molar-refractivity contribution in [3.05, 3.63) is 41.1 Å². The maximum Gasteiger partial charge on any atom is 0.433 e. The highest BCUT2D eigenvalue weighted by molar-refractivity contribution is 5.99. The van der Waals surface area contributed by atoms with Gasteiger partial charge in [-0.25, -0.2) is 4.98 Å². The number of aromatic nitrogens is 1. The van der Waals surface area contributed by atoms with E-state index in [0.29, 0.717) is 13.1 Å². The first-order chi connectivity index (χ1) is 12.6. The summed E-state index contributed by atoms with van der Waals surface area (Å²) in [6, 6.07) is 3.90. The molecule has 2 heterocycles. The van der Waals surface area contributed by atoms with Crippen LogP contribution in [0.4, 0.5) is 26.3 Å². The molecule has 2 aromatic rings. The number of hydrogen-bond acceptors (Lipinski definition) is 4. The summed E-state index contributed by atoms with van der Waals surface area (Å²) < 4.78 is 79.1. The van der Waals surface area contributed by atoms with Crippen LogP contribution in [0.3, 0.4) is 0 Å². The van der Waals surface area contributed by atoms with Gasteiger partial charge in [0.25, 0.3) is 0 Å². The van der Waals surface area contributed by atoms with Gasteiger partial charge in [0.2, 0.25) is 0 Å². The molecular weight excluding hydrogens is 374 g/mol. The summed E-state index contributed by atoms with van der Waals surface area (Å²) in [5.74, 6) is 0. The third-order valence-electron chi connectivity index (χ3n) is 4.31. The van der Waals surface area contributed by atoms with Crippen LogP contribution in [0.1, 0.15) is 16.8 Å². The number of alkyl halides is 6. The topological polar surface area (TPSA) is 31.7 Å². The number of benzene rings is 1. The van der Waals surface area contributed by atoms with Crippen molar-refractivity contribution in [1.29, 1.82) is 0 Å². The largest absolute Gasteiger partial charge is 0.433 e. The number of hydrogen-bond donors (Lipinski definition) is 0. The number of hydrazone groups is 1. The quantitative estimate of drug-likeness (QED) is 0.577. The van der Waals surface area contributed by atoms with Gasteiger partial charge in [0.1, 0.15) is 5.69 Å². The van der Waals surface area contributed by atoms with Gasteiger partial charge in [-0.2, -0.15) is 31.4 Å². The molecule has 0 bridgehead atoms. The molecule has 0 N–H and O–H groups in total. The van der Waals surface area contributed by atoms with Crippen molar-refractivity contribution in [3.8, 4) is 0 Å². The van der Waals surface area contributed by atoms with Gasteiger partial charge in [-0.15, -0.1) is 0 Å². The van der Waals surface area contributed by atoms with Crippen molar-refractivity contribution in [2.24, 2.45) is 5.10 Å². The Morgan fingerprint density at radius 3 is 2.26 bits per heavy atom. The minimum absolute atomic E-state index is 0.0318. The first-order valence-corrected chi connectivity index (χ1v) is 8.11. The van der Waals surface area contributed by atoms with E-state index in [1.54, 1.807) is 5.01 Å². The zero-order valence-electron chi connectivity index (χ0n) is 14.3. The summed E-state index contributed by atoms with van der Waals surface area (Å²) >= 11 is 0. The van der Waals surface area contributed by atoms with E-state index < -0.39 is 29.1 Å². The highest BCUT2D eigenvalue weighted by Crippen LogP contribution is 2.37. The van der Waals surface area contributed by atoms with Crippen molar-refractivity contribution in [1.82, 2.24) is 14.9 Å². The van der Waals surface area contributed by atoms with E-state index in [4.69, 9.17) is 0 Å². The van der Waals surface area contributed by atoms with Crippen LogP contribution in [0.2, 0.25) is 0 Å². The number of para-hydroxylation sites is 1. The number of fused-ring (bicyclic) bond motifs is 1. The van der Waals surface area contributed by atoms with Crippen molar-refractivity contribution >= 4 is 17.1 Å².